The molecule has 1 saturated carbocycles. The van der Waals surface area contributed by atoms with Crippen molar-refractivity contribution in [3.63, 3.8) is 0 Å². The summed E-state index contributed by atoms with van der Waals surface area (Å²) in [4.78, 5) is 10.6. The molecular formula is C11H15N3O2. The van der Waals surface area contributed by atoms with Crippen molar-refractivity contribution in [2.45, 2.75) is 19.1 Å². The van der Waals surface area contributed by atoms with Crippen LogP contribution in [0.15, 0.2) is 12.3 Å². The molecule has 0 amide bonds. The summed E-state index contributed by atoms with van der Waals surface area (Å²) in [5.74, 6) is 1.42. The maximum atomic E-state index is 9.69. The van der Waals surface area contributed by atoms with Gasteiger partial charge >= 0.3 is 0 Å². The first-order chi connectivity index (χ1) is 7.78. The SMILES string of the molecule is OCc1ccnc(N2CC3CC(C2)C3O)n1. The fourth-order valence-electron chi connectivity index (χ4n) is 2.65. The van der Waals surface area contributed by atoms with E-state index in [1.54, 1.807) is 12.3 Å². The Balaban J connectivity index is 1.78. The third-order valence-corrected chi connectivity index (χ3v) is 3.63. The Morgan fingerprint density at radius 2 is 2.12 bits per heavy atom. The van der Waals surface area contributed by atoms with Crippen molar-refractivity contribution in [1.29, 1.82) is 0 Å². The van der Waals surface area contributed by atoms with Gasteiger partial charge in [0.05, 0.1) is 18.4 Å². The lowest BCUT2D eigenvalue weighted by molar-refractivity contribution is -0.0535. The van der Waals surface area contributed by atoms with Gasteiger partial charge in [-0.1, -0.05) is 0 Å². The lowest BCUT2D eigenvalue weighted by atomic mass is 9.68. The highest BCUT2D eigenvalue weighted by Crippen LogP contribution is 2.40. The van der Waals surface area contributed by atoms with E-state index in [4.69, 9.17) is 5.11 Å². The van der Waals surface area contributed by atoms with Gasteiger partial charge in [0.2, 0.25) is 5.95 Å². The summed E-state index contributed by atoms with van der Waals surface area (Å²) in [5.41, 5.74) is 0.643. The molecular weight excluding hydrogens is 206 g/mol. The van der Waals surface area contributed by atoms with Crippen molar-refractivity contribution in [1.82, 2.24) is 9.97 Å². The topological polar surface area (TPSA) is 69.5 Å². The second kappa shape index (κ2) is 3.68. The minimum atomic E-state index is -0.128. The van der Waals surface area contributed by atoms with Crippen molar-refractivity contribution in [2.75, 3.05) is 18.0 Å². The molecule has 3 heterocycles. The Labute approximate surface area is 93.8 Å². The van der Waals surface area contributed by atoms with Gasteiger partial charge in [-0.15, -0.1) is 0 Å². The van der Waals surface area contributed by atoms with Gasteiger partial charge in [-0.3, -0.25) is 0 Å². The first-order valence-electron chi connectivity index (χ1n) is 5.63. The van der Waals surface area contributed by atoms with E-state index in [-0.39, 0.29) is 12.7 Å². The predicted octanol–water partition coefficient (Wildman–Crippen LogP) is -0.214. The van der Waals surface area contributed by atoms with Gasteiger partial charge in [0, 0.05) is 31.1 Å². The van der Waals surface area contributed by atoms with E-state index in [2.05, 4.69) is 14.9 Å². The van der Waals surface area contributed by atoms with Gasteiger partial charge in [-0.2, -0.15) is 0 Å². The summed E-state index contributed by atoms with van der Waals surface area (Å²) in [6.07, 6.45) is 2.67. The number of anilines is 1. The Kier molecular flexibility index (Phi) is 2.29. The number of rotatable bonds is 2. The van der Waals surface area contributed by atoms with E-state index in [1.807, 2.05) is 0 Å². The average Bonchev–Trinajstić information content (AvgIpc) is 2.38. The minimum Gasteiger partial charge on any atom is -0.392 e. The van der Waals surface area contributed by atoms with E-state index in [1.165, 1.54) is 0 Å². The zero-order valence-corrected chi connectivity index (χ0v) is 8.95. The van der Waals surface area contributed by atoms with E-state index in [0.29, 0.717) is 23.5 Å². The summed E-state index contributed by atoms with van der Waals surface area (Å²) in [7, 11) is 0. The Bertz CT molecular complexity index is 387. The molecule has 2 aliphatic heterocycles. The number of aromatic nitrogens is 2. The van der Waals surface area contributed by atoms with E-state index >= 15 is 0 Å². The second-order valence-electron chi connectivity index (χ2n) is 4.66. The van der Waals surface area contributed by atoms with Crippen molar-refractivity contribution in [3.8, 4) is 0 Å². The number of hydrogen-bond donors (Lipinski definition) is 2. The van der Waals surface area contributed by atoms with Gasteiger partial charge in [0.15, 0.2) is 0 Å². The fourth-order valence-corrected chi connectivity index (χ4v) is 2.65. The number of aliphatic hydroxyl groups is 2. The zero-order chi connectivity index (χ0) is 11.1. The molecule has 86 valence electrons. The summed E-state index contributed by atoms with van der Waals surface area (Å²) in [6.45, 7) is 1.60. The van der Waals surface area contributed by atoms with E-state index in [9.17, 15) is 5.11 Å². The molecule has 0 radical (unpaired) electrons. The molecule has 2 saturated heterocycles. The molecule has 3 aliphatic rings. The molecule has 2 unspecified atom stereocenters. The summed E-state index contributed by atoms with van der Waals surface area (Å²) >= 11 is 0. The number of fused-ring (bicyclic) bond motifs is 2. The molecule has 2 atom stereocenters. The smallest absolute Gasteiger partial charge is 0.225 e. The summed E-state index contributed by atoms with van der Waals surface area (Å²) < 4.78 is 0. The highest BCUT2D eigenvalue weighted by atomic mass is 16.3. The lowest BCUT2D eigenvalue weighted by Gasteiger charge is -2.51. The largest absolute Gasteiger partial charge is 0.392 e. The highest BCUT2D eigenvalue weighted by Gasteiger charge is 2.46. The van der Waals surface area contributed by atoms with Gasteiger partial charge in [-0.05, 0) is 12.5 Å². The van der Waals surface area contributed by atoms with Crippen molar-refractivity contribution >= 4 is 5.95 Å². The number of aliphatic hydroxyl groups excluding tert-OH is 2. The van der Waals surface area contributed by atoms with E-state index in [0.717, 1.165) is 19.5 Å². The molecule has 0 aromatic carbocycles. The first-order valence-corrected chi connectivity index (χ1v) is 5.63. The van der Waals surface area contributed by atoms with Gasteiger partial charge in [-0.25, -0.2) is 9.97 Å². The van der Waals surface area contributed by atoms with Crippen LogP contribution >= 0.6 is 0 Å². The van der Waals surface area contributed by atoms with Crippen LogP contribution in [0.2, 0.25) is 0 Å². The van der Waals surface area contributed by atoms with E-state index < -0.39 is 0 Å². The second-order valence-corrected chi connectivity index (χ2v) is 4.66. The Morgan fingerprint density at radius 3 is 2.75 bits per heavy atom. The number of piperidine rings is 2. The van der Waals surface area contributed by atoms with Gasteiger partial charge < -0.3 is 15.1 Å². The average molecular weight is 221 g/mol. The lowest BCUT2D eigenvalue weighted by Crippen LogP contribution is -2.58. The van der Waals surface area contributed by atoms with Crippen LogP contribution in [0.1, 0.15) is 12.1 Å². The van der Waals surface area contributed by atoms with Crippen LogP contribution in [-0.4, -0.2) is 39.4 Å². The molecule has 2 bridgehead atoms. The molecule has 5 nitrogen and oxygen atoms in total. The molecule has 0 spiro atoms. The maximum Gasteiger partial charge on any atom is 0.225 e. The molecule has 1 aromatic rings. The number of hydrogen-bond acceptors (Lipinski definition) is 5. The van der Waals surface area contributed by atoms with Crippen LogP contribution in [0.4, 0.5) is 5.95 Å². The normalized spacial score (nSPS) is 32.4. The fraction of sp³-hybridized carbons (Fsp3) is 0.636. The Hall–Kier alpha value is -1.20. The molecule has 5 heteroatoms. The van der Waals surface area contributed by atoms with Crippen molar-refractivity contribution < 1.29 is 10.2 Å². The molecule has 2 N–H and O–H groups in total. The standard InChI is InChI=1S/C11H15N3O2/c15-6-9-1-2-12-11(13-9)14-4-7-3-8(5-14)10(7)16/h1-2,7-8,10,15-16H,3-6H2. The maximum absolute atomic E-state index is 9.69. The predicted molar refractivity (Wildman–Crippen MR) is 57.8 cm³/mol. The quantitative estimate of drug-likeness (QED) is 0.723. The van der Waals surface area contributed by atoms with Crippen LogP contribution in [0.5, 0.6) is 0 Å². The van der Waals surface area contributed by atoms with Crippen molar-refractivity contribution in [2.24, 2.45) is 11.8 Å². The minimum absolute atomic E-state index is 0.0567. The highest BCUT2D eigenvalue weighted by molar-refractivity contribution is 5.33. The first kappa shape index (κ1) is 9.99. The van der Waals surface area contributed by atoms with Crippen LogP contribution in [0, 0.1) is 11.8 Å². The number of nitrogens with zero attached hydrogens (tertiary/aromatic N) is 3. The zero-order valence-electron chi connectivity index (χ0n) is 8.95. The molecule has 1 aromatic heterocycles. The molecule has 3 fully saturated rings. The van der Waals surface area contributed by atoms with Crippen molar-refractivity contribution in [3.05, 3.63) is 18.0 Å². The summed E-state index contributed by atoms with van der Waals surface area (Å²) in [6, 6.07) is 1.71. The molecule has 16 heavy (non-hydrogen) atoms. The summed E-state index contributed by atoms with van der Waals surface area (Å²) in [5, 5.41) is 18.7. The van der Waals surface area contributed by atoms with Crippen LogP contribution in [0.3, 0.4) is 0 Å². The monoisotopic (exact) mass is 221 g/mol. The third kappa shape index (κ3) is 1.47. The molecule has 1 aliphatic carbocycles. The Morgan fingerprint density at radius 1 is 1.38 bits per heavy atom. The van der Waals surface area contributed by atoms with Crippen LogP contribution in [0.25, 0.3) is 0 Å². The third-order valence-electron chi connectivity index (χ3n) is 3.63. The molecule has 4 rings (SSSR count). The van der Waals surface area contributed by atoms with Crippen LogP contribution in [-0.2, 0) is 6.61 Å². The van der Waals surface area contributed by atoms with Crippen LogP contribution < -0.4 is 4.90 Å². The van der Waals surface area contributed by atoms with Gasteiger partial charge in [0.1, 0.15) is 0 Å². The van der Waals surface area contributed by atoms with Gasteiger partial charge in [0.25, 0.3) is 0 Å².